The highest BCUT2D eigenvalue weighted by atomic mass is 35.5. The molecule has 0 atom stereocenters. The van der Waals surface area contributed by atoms with Gasteiger partial charge in [0, 0.05) is 24.3 Å². The van der Waals surface area contributed by atoms with Crippen molar-refractivity contribution in [3.8, 4) is 0 Å². The summed E-state index contributed by atoms with van der Waals surface area (Å²) in [5.74, 6) is 0. The molecule has 0 bridgehead atoms. The van der Waals surface area contributed by atoms with Gasteiger partial charge in [0.25, 0.3) is 0 Å². The van der Waals surface area contributed by atoms with Gasteiger partial charge in [0.05, 0.1) is 27.7 Å². The molecule has 2 aliphatic heterocycles. The molecule has 0 aromatic heterocycles. The fourth-order valence-electron chi connectivity index (χ4n) is 5.71. The molecular weight excluding hydrogens is 471 g/mol. The van der Waals surface area contributed by atoms with Gasteiger partial charge in [-0.05, 0) is 92.4 Å². The van der Waals surface area contributed by atoms with Crippen LogP contribution in [-0.4, -0.2) is 18.8 Å². The van der Waals surface area contributed by atoms with Gasteiger partial charge in [-0.15, -0.1) is 0 Å². The largest absolute Gasteiger partial charge is 0.418 e. The number of anilines is 2. The lowest BCUT2D eigenvalue weighted by molar-refractivity contribution is -0.137. The summed E-state index contributed by atoms with van der Waals surface area (Å²) in [6.45, 7) is 1.73. The topological polar surface area (TPSA) is 18.8 Å². The summed E-state index contributed by atoms with van der Waals surface area (Å²) >= 11 is 6.57. The Kier molecular flexibility index (Phi) is 5.67. The van der Waals surface area contributed by atoms with Crippen molar-refractivity contribution in [2.45, 2.75) is 57.5 Å². The van der Waals surface area contributed by atoms with Crippen molar-refractivity contribution in [2.24, 2.45) is 5.10 Å². The van der Waals surface area contributed by atoms with E-state index in [4.69, 9.17) is 16.7 Å². The van der Waals surface area contributed by atoms with Crippen LogP contribution in [0.1, 0.15) is 62.5 Å². The summed E-state index contributed by atoms with van der Waals surface area (Å²) in [7, 11) is 0. The fourth-order valence-corrected chi connectivity index (χ4v) is 5.93. The normalized spacial score (nSPS) is 20.4. The van der Waals surface area contributed by atoms with Gasteiger partial charge in [0.1, 0.15) is 0 Å². The standard InChI is InChI=1S/C28H27ClF3N3/c29-24-12-2-1-9-22(24)26-20-10-6-11-21(20)27(18-7-5-8-18)35(33-26)25-17-19(34-15-3-4-16-34)13-14-23(25)28(30,31)32/h1-2,9,12-14,17H,3-8,10-11,15-16H2. The van der Waals surface area contributed by atoms with E-state index < -0.39 is 11.7 Å². The van der Waals surface area contributed by atoms with E-state index in [1.807, 2.05) is 24.3 Å². The maximum absolute atomic E-state index is 14.4. The fraction of sp³-hybridized carbons (Fsp3) is 0.393. The third-order valence-corrected chi connectivity index (χ3v) is 7.94. The van der Waals surface area contributed by atoms with Gasteiger partial charge in [0.15, 0.2) is 0 Å². The van der Waals surface area contributed by atoms with Crippen LogP contribution in [0.5, 0.6) is 0 Å². The SMILES string of the molecule is FC(F)(F)c1ccc(N2CCCC2)cc1N1N=C(c2ccccc2Cl)C2=C(CCC2)C1=C1CCC1. The van der Waals surface area contributed by atoms with Crippen LogP contribution in [0.3, 0.4) is 0 Å². The maximum atomic E-state index is 14.4. The van der Waals surface area contributed by atoms with E-state index in [9.17, 15) is 13.2 Å². The summed E-state index contributed by atoms with van der Waals surface area (Å²) in [6.07, 6.45) is 3.19. The van der Waals surface area contributed by atoms with E-state index in [1.54, 1.807) is 17.1 Å². The molecule has 0 radical (unpaired) electrons. The molecule has 3 nitrogen and oxygen atoms in total. The molecule has 2 fully saturated rings. The van der Waals surface area contributed by atoms with Crippen LogP contribution in [0.4, 0.5) is 24.5 Å². The highest BCUT2D eigenvalue weighted by molar-refractivity contribution is 6.35. The Labute approximate surface area is 208 Å². The van der Waals surface area contributed by atoms with Crippen molar-refractivity contribution in [3.05, 3.63) is 81.0 Å². The lowest BCUT2D eigenvalue weighted by Gasteiger charge is -2.36. The third-order valence-electron chi connectivity index (χ3n) is 7.61. The van der Waals surface area contributed by atoms with Gasteiger partial charge in [-0.25, -0.2) is 5.01 Å². The highest BCUT2D eigenvalue weighted by Gasteiger charge is 2.40. The molecule has 0 N–H and O–H groups in total. The first-order valence-corrected chi connectivity index (χ1v) is 12.8. The van der Waals surface area contributed by atoms with Crippen LogP contribution in [0.15, 0.2) is 70.0 Å². The Morgan fingerprint density at radius 2 is 1.54 bits per heavy atom. The van der Waals surface area contributed by atoms with Gasteiger partial charge in [-0.1, -0.05) is 29.8 Å². The Morgan fingerprint density at radius 1 is 0.829 bits per heavy atom. The maximum Gasteiger partial charge on any atom is 0.418 e. The Bertz CT molecular complexity index is 1260. The molecule has 35 heavy (non-hydrogen) atoms. The van der Waals surface area contributed by atoms with Gasteiger partial charge in [0.2, 0.25) is 0 Å². The zero-order chi connectivity index (χ0) is 24.2. The van der Waals surface area contributed by atoms with Crippen LogP contribution in [-0.2, 0) is 6.18 Å². The molecule has 2 aromatic carbocycles. The molecule has 7 heteroatoms. The zero-order valence-electron chi connectivity index (χ0n) is 19.5. The molecular formula is C28H27ClF3N3. The molecule has 1 saturated carbocycles. The predicted octanol–water partition coefficient (Wildman–Crippen LogP) is 8.10. The monoisotopic (exact) mass is 497 g/mol. The molecule has 1 saturated heterocycles. The molecule has 0 amide bonds. The quantitative estimate of drug-likeness (QED) is 0.426. The number of hydrazone groups is 1. The van der Waals surface area contributed by atoms with Gasteiger partial charge >= 0.3 is 6.18 Å². The van der Waals surface area contributed by atoms with E-state index >= 15 is 0 Å². The number of benzene rings is 2. The number of halogens is 4. The minimum Gasteiger partial charge on any atom is -0.371 e. The van der Waals surface area contributed by atoms with Crippen LogP contribution in [0, 0.1) is 0 Å². The molecule has 6 rings (SSSR count). The molecule has 182 valence electrons. The van der Waals surface area contributed by atoms with Crippen molar-refractivity contribution in [1.82, 2.24) is 0 Å². The number of nitrogens with zero attached hydrogens (tertiary/aromatic N) is 3. The Balaban J connectivity index is 1.58. The first kappa shape index (κ1) is 22.7. The third kappa shape index (κ3) is 3.96. The number of hydrogen-bond acceptors (Lipinski definition) is 3. The predicted molar refractivity (Wildman–Crippen MR) is 135 cm³/mol. The second-order valence-corrected chi connectivity index (χ2v) is 10.2. The summed E-state index contributed by atoms with van der Waals surface area (Å²) in [6, 6.07) is 12.0. The number of alkyl halides is 3. The highest BCUT2D eigenvalue weighted by Crippen LogP contribution is 2.49. The van der Waals surface area contributed by atoms with E-state index in [1.165, 1.54) is 11.6 Å². The molecule has 0 unspecified atom stereocenters. The summed E-state index contributed by atoms with van der Waals surface area (Å²) in [4.78, 5) is 2.17. The molecule has 2 heterocycles. The Hall–Kier alpha value is -2.73. The first-order valence-electron chi connectivity index (χ1n) is 12.5. The van der Waals surface area contributed by atoms with Gasteiger partial charge < -0.3 is 4.90 Å². The lowest BCUT2D eigenvalue weighted by Crippen LogP contribution is -2.30. The van der Waals surface area contributed by atoms with Crippen LogP contribution >= 0.6 is 11.6 Å². The summed E-state index contributed by atoms with van der Waals surface area (Å²) < 4.78 is 43.1. The van der Waals surface area contributed by atoms with Crippen molar-refractivity contribution in [3.63, 3.8) is 0 Å². The average Bonchev–Trinajstić information content (AvgIpc) is 3.50. The van der Waals surface area contributed by atoms with E-state index in [2.05, 4.69) is 4.90 Å². The molecule has 4 aliphatic rings. The summed E-state index contributed by atoms with van der Waals surface area (Å²) in [5.41, 5.74) is 6.13. The van der Waals surface area contributed by atoms with Crippen molar-refractivity contribution < 1.29 is 13.2 Å². The Morgan fingerprint density at radius 3 is 2.23 bits per heavy atom. The van der Waals surface area contributed by atoms with Crippen molar-refractivity contribution in [2.75, 3.05) is 23.0 Å². The molecule has 2 aliphatic carbocycles. The first-order chi connectivity index (χ1) is 16.9. The number of rotatable bonds is 3. The minimum absolute atomic E-state index is 0.110. The van der Waals surface area contributed by atoms with Gasteiger partial charge in [-0.2, -0.15) is 18.3 Å². The van der Waals surface area contributed by atoms with Crippen molar-refractivity contribution >= 4 is 28.7 Å². The molecule has 2 aromatic rings. The van der Waals surface area contributed by atoms with E-state index in [0.29, 0.717) is 10.7 Å². The lowest BCUT2D eigenvalue weighted by atomic mass is 9.85. The second kappa shape index (κ2) is 8.74. The van der Waals surface area contributed by atoms with E-state index in [0.717, 1.165) is 92.6 Å². The second-order valence-electron chi connectivity index (χ2n) is 9.75. The van der Waals surface area contributed by atoms with Crippen LogP contribution in [0.2, 0.25) is 5.02 Å². The van der Waals surface area contributed by atoms with Crippen molar-refractivity contribution in [1.29, 1.82) is 0 Å². The number of hydrogen-bond donors (Lipinski definition) is 0. The zero-order valence-corrected chi connectivity index (χ0v) is 20.2. The summed E-state index contributed by atoms with van der Waals surface area (Å²) in [5, 5.41) is 7.16. The minimum atomic E-state index is -4.49. The molecule has 0 spiro atoms. The van der Waals surface area contributed by atoms with Crippen LogP contribution < -0.4 is 9.91 Å². The number of allylic oxidation sites excluding steroid dienone is 3. The van der Waals surface area contributed by atoms with Crippen LogP contribution in [0.25, 0.3) is 0 Å². The van der Waals surface area contributed by atoms with E-state index in [-0.39, 0.29) is 5.69 Å². The average molecular weight is 498 g/mol. The van der Waals surface area contributed by atoms with Gasteiger partial charge in [-0.3, -0.25) is 0 Å². The smallest absolute Gasteiger partial charge is 0.371 e.